The molecule has 0 aliphatic heterocycles. The quantitative estimate of drug-likeness (QED) is 0.178. The van der Waals surface area contributed by atoms with E-state index < -0.39 is 0 Å². The zero-order valence-electron chi connectivity index (χ0n) is 26.3. The smallest absolute Gasteiger partial charge is 0.0546 e. The molecule has 0 unspecified atom stereocenters. The summed E-state index contributed by atoms with van der Waals surface area (Å²) in [6, 6.07) is 56.5. The molecule has 0 radical (unpaired) electrons. The molecule has 1 nitrogen and oxygen atoms in total. The standard InChI is InChI=1S/C45H31NS/c1-45(2)39-17-9-7-13-33(39)38-26-30(22-24-40(38)45)46(31-21-23-36-35-15-8-10-18-42(35)47-43(36)27-31)41-25-29-20-19-28-11-3-4-12-32(28)44(29)37-16-6-5-14-34(37)41/h3-27H,1-2H3. The van der Waals surface area contributed by atoms with Gasteiger partial charge in [0.15, 0.2) is 0 Å². The van der Waals surface area contributed by atoms with Gasteiger partial charge in [0, 0.05) is 42.3 Å². The Morgan fingerprint density at radius 1 is 0.447 bits per heavy atom. The summed E-state index contributed by atoms with van der Waals surface area (Å²) in [5.41, 5.74) is 8.93. The molecule has 0 fully saturated rings. The highest BCUT2D eigenvalue weighted by Crippen LogP contribution is 2.52. The van der Waals surface area contributed by atoms with E-state index in [9.17, 15) is 0 Å². The van der Waals surface area contributed by atoms with Gasteiger partial charge in [0.2, 0.25) is 0 Å². The number of anilines is 3. The van der Waals surface area contributed by atoms with Gasteiger partial charge in [-0.2, -0.15) is 0 Å². The Morgan fingerprint density at radius 2 is 1.09 bits per heavy atom. The first-order valence-corrected chi connectivity index (χ1v) is 17.2. The molecular weight excluding hydrogens is 587 g/mol. The average Bonchev–Trinajstić information content (AvgIpc) is 3.59. The predicted molar refractivity (Wildman–Crippen MR) is 204 cm³/mol. The number of thiophene rings is 1. The Kier molecular flexibility index (Phi) is 5.57. The van der Waals surface area contributed by atoms with E-state index in [2.05, 4.69) is 170 Å². The maximum Gasteiger partial charge on any atom is 0.0546 e. The lowest BCUT2D eigenvalue weighted by molar-refractivity contribution is 0.660. The summed E-state index contributed by atoms with van der Waals surface area (Å²) >= 11 is 1.88. The third kappa shape index (κ3) is 3.83. The van der Waals surface area contributed by atoms with Gasteiger partial charge in [0.05, 0.1) is 5.69 Å². The molecule has 0 atom stereocenters. The van der Waals surface area contributed by atoms with Gasteiger partial charge in [-0.3, -0.25) is 0 Å². The molecule has 9 aromatic rings. The Hall–Kier alpha value is -5.44. The molecule has 1 aliphatic rings. The van der Waals surface area contributed by atoms with Crippen LogP contribution in [0.2, 0.25) is 0 Å². The monoisotopic (exact) mass is 617 g/mol. The van der Waals surface area contributed by atoms with Crippen LogP contribution < -0.4 is 4.90 Å². The van der Waals surface area contributed by atoms with Crippen LogP contribution in [0.5, 0.6) is 0 Å². The molecule has 1 aromatic heterocycles. The first-order valence-electron chi connectivity index (χ1n) is 16.4. The van der Waals surface area contributed by atoms with Crippen LogP contribution in [0.4, 0.5) is 17.1 Å². The van der Waals surface area contributed by atoms with Gasteiger partial charge >= 0.3 is 0 Å². The Balaban J connectivity index is 1.29. The average molecular weight is 618 g/mol. The summed E-state index contributed by atoms with van der Waals surface area (Å²) < 4.78 is 2.63. The van der Waals surface area contributed by atoms with Crippen LogP contribution in [-0.4, -0.2) is 0 Å². The molecule has 222 valence electrons. The van der Waals surface area contributed by atoms with E-state index in [1.165, 1.54) is 91.8 Å². The summed E-state index contributed by atoms with van der Waals surface area (Å²) in [6.07, 6.45) is 0. The van der Waals surface area contributed by atoms with Crippen molar-refractivity contribution in [2.45, 2.75) is 19.3 Å². The summed E-state index contributed by atoms with van der Waals surface area (Å²) in [5.74, 6) is 0. The van der Waals surface area contributed by atoms with Gasteiger partial charge in [0.25, 0.3) is 0 Å². The first-order chi connectivity index (χ1) is 23.1. The van der Waals surface area contributed by atoms with Crippen molar-refractivity contribution < 1.29 is 0 Å². The zero-order chi connectivity index (χ0) is 31.3. The predicted octanol–water partition coefficient (Wildman–Crippen LogP) is 13.3. The van der Waals surface area contributed by atoms with Crippen LogP contribution in [0.15, 0.2) is 152 Å². The maximum absolute atomic E-state index is 2.50. The highest BCUT2D eigenvalue weighted by molar-refractivity contribution is 7.25. The normalized spacial score (nSPS) is 13.5. The number of nitrogens with zero attached hydrogens (tertiary/aromatic N) is 1. The van der Waals surface area contributed by atoms with Crippen molar-refractivity contribution in [2.75, 3.05) is 4.90 Å². The van der Waals surface area contributed by atoms with Gasteiger partial charge in [-0.05, 0) is 85.6 Å². The minimum atomic E-state index is -0.0397. The van der Waals surface area contributed by atoms with Crippen molar-refractivity contribution in [1.82, 2.24) is 0 Å². The summed E-state index contributed by atoms with van der Waals surface area (Å²) in [5, 5.41) is 10.3. The molecule has 0 N–H and O–H groups in total. The van der Waals surface area contributed by atoms with Crippen LogP contribution >= 0.6 is 11.3 Å². The number of hydrogen-bond acceptors (Lipinski definition) is 2. The van der Waals surface area contributed by atoms with E-state index >= 15 is 0 Å². The van der Waals surface area contributed by atoms with E-state index in [4.69, 9.17) is 0 Å². The van der Waals surface area contributed by atoms with Crippen molar-refractivity contribution in [3.8, 4) is 11.1 Å². The Morgan fingerprint density at radius 3 is 1.98 bits per heavy atom. The highest BCUT2D eigenvalue weighted by Gasteiger charge is 2.35. The van der Waals surface area contributed by atoms with Gasteiger partial charge in [-0.15, -0.1) is 11.3 Å². The van der Waals surface area contributed by atoms with Crippen LogP contribution in [0, 0.1) is 0 Å². The molecule has 0 spiro atoms. The molecule has 1 heterocycles. The van der Waals surface area contributed by atoms with Crippen molar-refractivity contribution in [2.24, 2.45) is 0 Å². The van der Waals surface area contributed by atoms with Crippen LogP contribution in [-0.2, 0) is 5.41 Å². The van der Waals surface area contributed by atoms with Crippen molar-refractivity contribution in [1.29, 1.82) is 0 Å². The Bertz CT molecular complexity index is 2730. The first kappa shape index (κ1) is 26.7. The van der Waals surface area contributed by atoms with Gasteiger partial charge in [-0.1, -0.05) is 129 Å². The molecular formula is C45H31NS. The minimum absolute atomic E-state index is 0.0397. The molecule has 0 amide bonds. The molecule has 0 saturated heterocycles. The van der Waals surface area contributed by atoms with E-state index in [-0.39, 0.29) is 5.41 Å². The summed E-state index contributed by atoms with van der Waals surface area (Å²) in [4.78, 5) is 2.50. The third-order valence-corrected chi connectivity index (χ3v) is 11.5. The maximum atomic E-state index is 2.50. The minimum Gasteiger partial charge on any atom is -0.310 e. The van der Waals surface area contributed by atoms with E-state index in [1.807, 2.05) is 11.3 Å². The fraction of sp³-hybridized carbons (Fsp3) is 0.0667. The van der Waals surface area contributed by atoms with Crippen molar-refractivity contribution in [3.05, 3.63) is 163 Å². The molecule has 47 heavy (non-hydrogen) atoms. The molecule has 8 aromatic carbocycles. The van der Waals surface area contributed by atoms with Crippen molar-refractivity contribution >= 4 is 80.9 Å². The van der Waals surface area contributed by atoms with Crippen molar-refractivity contribution in [3.63, 3.8) is 0 Å². The van der Waals surface area contributed by atoms with Crippen LogP contribution in [0.25, 0.3) is 63.6 Å². The molecule has 0 saturated carbocycles. The highest BCUT2D eigenvalue weighted by atomic mass is 32.1. The molecule has 2 heteroatoms. The second kappa shape index (κ2) is 9.78. The lowest BCUT2D eigenvalue weighted by atomic mass is 9.82. The number of fused-ring (bicyclic) bond motifs is 11. The van der Waals surface area contributed by atoms with E-state index in [0.717, 1.165) is 0 Å². The third-order valence-electron chi connectivity index (χ3n) is 10.4. The number of rotatable bonds is 3. The van der Waals surface area contributed by atoms with Gasteiger partial charge in [-0.25, -0.2) is 0 Å². The van der Waals surface area contributed by atoms with Crippen LogP contribution in [0.1, 0.15) is 25.0 Å². The molecule has 10 rings (SSSR count). The lowest BCUT2D eigenvalue weighted by Crippen LogP contribution is -2.15. The van der Waals surface area contributed by atoms with Gasteiger partial charge < -0.3 is 4.90 Å². The SMILES string of the molecule is CC1(C)c2ccccc2-c2cc(N(c3ccc4c(c3)sc3ccccc34)c3cc4ccc5ccccc5c4c4ccccc34)ccc21. The number of hydrogen-bond donors (Lipinski definition) is 0. The largest absolute Gasteiger partial charge is 0.310 e. The fourth-order valence-electron chi connectivity index (χ4n) is 8.17. The van der Waals surface area contributed by atoms with E-state index in [0.29, 0.717) is 0 Å². The molecule has 0 bridgehead atoms. The van der Waals surface area contributed by atoms with Crippen LogP contribution in [0.3, 0.4) is 0 Å². The topological polar surface area (TPSA) is 3.24 Å². The number of benzene rings is 8. The summed E-state index contributed by atoms with van der Waals surface area (Å²) in [7, 11) is 0. The van der Waals surface area contributed by atoms with E-state index in [1.54, 1.807) is 0 Å². The molecule has 1 aliphatic carbocycles. The fourth-order valence-corrected chi connectivity index (χ4v) is 9.31. The Labute approximate surface area is 278 Å². The summed E-state index contributed by atoms with van der Waals surface area (Å²) in [6.45, 7) is 4.71. The van der Waals surface area contributed by atoms with Gasteiger partial charge in [0.1, 0.15) is 0 Å². The second-order valence-electron chi connectivity index (χ2n) is 13.3. The zero-order valence-corrected chi connectivity index (χ0v) is 27.1. The second-order valence-corrected chi connectivity index (χ2v) is 14.4. The lowest BCUT2D eigenvalue weighted by Gasteiger charge is -2.29.